The second kappa shape index (κ2) is 7.00. The second-order valence-corrected chi connectivity index (χ2v) is 7.24. The lowest BCUT2D eigenvalue weighted by Crippen LogP contribution is -2.17. The van der Waals surface area contributed by atoms with E-state index in [1.54, 1.807) is 24.0 Å². The van der Waals surface area contributed by atoms with Crippen LogP contribution in [0.5, 0.6) is 0 Å². The van der Waals surface area contributed by atoms with Crippen molar-refractivity contribution in [3.05, 3.63) is 68.3 Å². The van der Waals surface area contributed by atoms with Crippen molar-refractivity contribution in [1.29, 1.82) is 0 Å². The maximum atomic E-state index is 13.9. The van der Waals surface area contributed by atoms with Crippen LogP contribution < -0.4 is 5.56 Å². The molecule has 0 aliphatic rings. The lowest BCUT2D eigenvalue weighted by molar-refractivity contribution is 0.153. The molecule has 4 aromatic rings. The van der Waals surface area contributed by atoms with Crippen molar-refractivity contribution in [1.82, 2.24) is 24.3 Å². The molecule has 0 radical (unpaired) electrons. The first-order valence-corrected chi connectivity index (χ1v) is 9.23. The Morgan fingerprint density at radius 2 is 1.90 bits per heavy atom. The molecule has 9 heteroatoms. The highest BCUT2D eigenvalue weighted by atomic mass is 32.1. The Morgan fingerprint density at radius 1 is 1.14 bits per heavy atom. The van der Waals surface area contributed by atoms with E-state index < -0.39 is 17.5 Å². The van der Waals surface area contributed by atoms with Gasteiger partial charge in [0.05, 0.1) is 16.8 Å². The number of alkyl halides is 2. The van der Waals surface area contributed by atoms with Gasteiger partial charge in [0.1, 0.15) is 5.69 Å². The lowest BCUT2D eigenvalue weighted by atomic mass is 10.1. The average Bonchev–Trinajstić information content (AvgIpc) is 3.09. The van der Waals surface area contributed by atoms with E-state index in [0.29, 0.717) is 11.4 Å². The van der Waals surface area contributed by atoms with Crippen molar-refractivity contribution < 1.29 is 8.78 Å². The van der Waals surface area contributed by atoms with E-state index in [-0.39, 0.29) is 21.5 Å². The van der Waals surface area contributed by atoms with E-state index in [1.807, 2.05) is 32.0 Å². The molecule has 0 saturated heterocycles. The van der Waals surface area contributed by atoms with Gasteiger partial charge in [0, 0.05) is 18.8 Å². The minimum Gasteiger partial charge on any atom is -0.298 e. The summed E-state index contributed by atoms with van der Waals surface area (Å²) in [6.07, 6.45) is -1.18. The first-order valence-electron chi connectivity index (χ1n) is 8.82. The van der Waals surface area contributed by atoms with Crippen LogP contribution in [0.3, 0.4) is 0 Å². The summed E-state index contributed by atoms with van der Waals surface area (Å²) in [6, 6.07) is 8.60. The highest BCUT2D eigenvalue weighted by Crippen LogP contribution is 2.30. The summed E-state index contributed by atoms with van der Waals surface area (Å²) >= 11 is 5.39. The Morgan fingerprint density at radius 3 is 2.55 bits per heavy atom. The van der Waals surface area contributed by atoms with Gasteiger partial charge < -0.3 is 0 Å². The summed E-state index contributed by atoms with van der Waals surface area (Å²) in [5.41, 5.74) is 2.13. The van der Waals surface area contributed by atoms with Crippen LogP contribution >= 0.6 is 12.2 Å². The summed E-state index contributed by atoms with van der Waals surface area (Å²) in [5.74, 6) is 0. The van der Waals surface area contributed by atoms with Crippen molar-refractivity contribution in [2.75, 3.05) is 0 Å². The average molecular weight is 413 g/mol. The van der Waals surface area contributed by atoms with E-state index in [0.717, 1.165) is 11.1 Å². The SMILES string of the molecule is Cc1ccc(C)c(-n2c(=S)[nH]c(=O)c3c(C(F)F)cc(-c4ccn(C)n4)nc32)c1. The summed E-state index contributed by atoms with van der Waals surface area (Å²) in [5, 5.41) is 4.07. The number of rotatable bonds is 3. The molecule has 3 heterocycles. The number of H-pyrrole nitrogens is 1. The highest BCUT2D eigenvalue weighted by Gasteiger charge is 2.22. The van der Waals surface area contributed by atoms with Gasteiger partial charge in [0.2, 0.25) is 0 Å². The Balaban J connectivity index is 2.19. The van der Waals surface area contributed by atoms with Crippen molar-refractivity contribution in [3.8, 4) is 17.1 Å². The van der Waals surface area contributed by atoms with Crippen LogP contribution in [0.15, 0.2) is 41.3 Å². The maximum Gasteiger partial charge on any atom is 0.264 e. The monoisotopic (exact) mass is 413 g/mol. The lowest BCUT2D eigenvalue weighted by Gasteiger charge is -2.16. The van der Waals surface area contributed by atoms with Gasteiger partial charge >= 0.3 is 0 Å². The number of benzene rings is 1. The van der Waals surface area contributed by atoms with Crippen LogP contribution in [0, 0.1) is 18.6 Å². The van der Waals surface area contributed by atoms with Gasteiger partial charge in [-0.15, -0.1) is 0 Å². The fourth-order valence-corrected chi connectivity index (χ4v) is 3.57. The zero-order valence-corrected chi connectivity index (χ0v) is 16.7. The number of aromatic amines is 1. The van der Waals surface area contributed by atoms with Crippen LogP contribution in [-0.4, -0.2) is 24.3 Å². The van der Waals surface area contributed by atoms with Gasteiger partial charge in [-0.1, -0.05) is 12.1 Å². The zero-order chi connectivity index (χ0) is 20.9. The Hall–Kier alpha value is -3.20. The quantitative estimate of drug-likeness (QED) is 0.506. The Bertz CT molecular complexity index is 1370. The molecule has 6 nitrogen and oxygen atoms in total. The molecule has 0 fully saturated rings. The number of fused-ring (bicyclic) bond motifs is 1. The number of aromatic nitrogens is 5. The van der Waals surface area contributed by atoms with E-state index in [4.69, 9.17) is 12.2 Å². The molecule has 4 rings (SSSR count). The predicted octanol–water partition coefficient (Wildman–Crippen LogP) is 4.40. The highest BCUT2D eigenvalue weighted by molar-refractivity contribution is 7.71. The van der Waals surface area contributed by atoms with Crippen LogP contribution in [0.1, 0.15) is 23.1 Å². The fourth-order valence-electron chi connectivity index (χ4n) is 3.30. The van der Waals surface area contributed by atoms with Gasteiger partial charge in [-0.25, -0.2) is 13.8 Å². The Labute approximate surface area is 169 Å². The normalized spacial score (nSPS) is 11.5. The van der Waals surface area contributed by atoms with Gasteiger partial charge in [0.25, 0.3) is 12.0 Å². The molecule has 0 saturated carbocycles. The molecule has 0 aliphatic carbocycles. The molecule has 0 spiro atoms. The van der Waals surface area contributed by atoms with E-state index in [9.17, 15) is 13.6 Å². The fraction of sp³-hybridized carbons (Fsp3) is 0.200. The molecule has 0 aliphatic heterocycles. The van der Waals surface area contributed by atoms with E-state index in [2.05, 4.69) is 15.1 Å². The van der Waals surface area contributed by atoms with Crippen molar-refractivity contribution in [2.45, 2.75) is 20.3 Å². The van der Waals surface area contributed by atoms with Crippen LogP contribution in [0.25, 0.3) is 28.1 Å². The third-order valence-corrected chi connectivity index (χ3v) is 4.99. The minimum atomic E-state index is -2.87. The summed E-state index contributed by atoms with van der Waals surface area (Å²) in [7, 11) is 1.72. The molecule has 0 bridgehead atoms. The number of nitrogens with zero attached hydrogens (tertiary/aromatic N) is 4. The van der Waals surface area contributed by atoms with Gasteiger partial charge in [-0.05, 0) is 55.4 Å². The number of hydrogen-bond acceptors (Lipinski definition) is 4. The number of halogens is 2. The second-order valence-electron chi connectivity index (χ2n) is 6.86. The molecule has 148 valence electrons. The molecule has 1 N–H and O–H groups in total. The molecule has 29 heavy (non-hydrogen) atoms. The van der Waals surface area contributed by atoms with Crippen LogP contribution in [0.2, 0.25) is 0 Å². The number of pyridine rings is 1. The predicted molar refractivity (Wildman–Crippen MR) is 109 cm³/mol. The molecule has 0 unspecified atom stereocenters. The Kier molecular flexibility index (Phi) is 4.62. The van der Waals surface area contributed by atoms with Crippen LogP contribution in [0.4, 0.5) is 8.78 Å². The zero-order valence-electron chi connectivity index (χ0n) is 15.9. The van der Waals surface area contributed by atoms with Crippen molar-refractivity contribution in [2.24, 2.45) is 7.05 Å². The third-order valence-electron chi connectivity index (χ3n) is 4.71. The van der Waals surface area contributed by atoms with Gasteiger partial charge in [-0.3, -0.25) is 19.0 Å². The van der Waals surface area contributed by atoms with Crippen LogP contribution in [-0.2, 0) is 7.05 Å². The minimum absolute atomic E-state index is 0.0749. The molecule has 1 aromatic carbocycles. The summed E-state index contributed by atoms with van der Waals surface area (Å²) in [6.45, 7) is 3.79. The topological polar surface area (TPSA) is 68.5 Å². The smallest absolute Gasteiger partial charge is 0.264 e. The molecule has 0 atom stereocenters. The van der Waals surface area contributed by atoms with E-state index >= 15 is 0 Å². The largest absolute Gasteiger partial charge is 0.298 e. The summed E-state index contributed by atoms with van der Waals surface area (Å²) < 4.78 is 31.0. The summed E-state index contributed by atoms with van der Waals surface area (Å²) in [4.78, 5) is 19.6. The standard InChI is InChI=1S/C20H17F2N5OS/c1-10-4-5-11(2)15(8-10)27-18-16(19(28)24-20(27)29)12(17(21)22)9-14(23-18)13-6-7-26(3)25-13/h4-9,17H,1-3H3,(H,24,28,29). The first-order chi connectivity index (χ1) is 13.8. The van der Waals surface area contributed by atoms with Gasteiger partial charge in [0.15, 0.2) is 10.4 Å². The number of aryl methyl sites for hydroxylation is 3. The third kappa shape index (κ3) is 3.27. The van der Waals surface area contributed by atoms with Gasteiger partial charge in [-0.2, -0.15) is 5.10 Å². The first kappa shape index (κ1) is 19.1. The molecular formula is C20H17F2N5OS. The molecule has 0 amide bonds. The molecule has 3 aromatic heterocycles. The number of hydrogen-bond donors (Lipinski definition) is 1. The maximum absolute atomic E-state index is 13.9. The number of nitrogens with one attached hydrogen (secondary N) is 1. The molecular weight excluding hydrogens is 396 g/mol. The van der Waals surface area contributed by atoms with E-state index in [1.165, 1.54) is 10.6 Å². The van der Waals surface area contributed by atoms with Crippen molar-refractivity contribution in [3.63, 3.8) is 0 Å². The van der Waals surface area contributed by atoms with Crippen molar-refractivity contribution >= 4 is 23.3 Å².